The van der Waals surface area contributed by atoms with Gasteiger partial charge in [0.15, 0.2) is 0 Å². The number of anilines is 2. The first-order valence-corrected chi connectivity index (χ1v) is 8.81. The fraction of sp³-hybridized carbons (Fsp3) is 0.278. The Hall–Kier alpha value is -2.87. The number of carbonyl (C=O) groups excluding carboxylic acids is 1. The van der Waals surface area contributed by atoms with Crippen molar-refractivity contribution in [3.05, 3.63) is 35.0 Å². The van der Waals surface area contributed by atoms with Gasteiger partial charge in [-0.3, -0.25) is 0 Å². The van der Waals surface area contributed by atoms with E-state index in [0.29, 0.717) is 39.3 Å². The Morgan fingerprint density at radius 2 is 2.04 bits per heavy atom. The molecule has 0 aliphatic carbocycles. The summed E-state index contributed by atoms with van der Waals surface area (Å²) in [5.41, 5.74) is 1.49. The molecule has 0 aliphatic rings. The van der Waals surface area contributed by atoms with Crippen LogP contribution in [0.4, 0.5) is 11.5 Å². The highest BCUT2D eigenvalue weighted by Gasteiger charge is 2.20. The van der Waals surface area contributed by atoms with Crippen LogP contribution >= 0.6 is 11.3 Å². The molecule has 0 amide bonds. The second kappa shape index (κ2) is 7.57. The van der Waals surface area contributed by atoms with Crippen LogP contribution in [-0.4, -0.2) is 36.8 Å². The fourth-order valence-corrected chi connectivity index (χ4v) is 3.64. The van der Waals surface area contributed by atoms with Gasteiger partial charge < -0.3 is 19.5 Å². The molecule has 1 aromatic carbocycles. The molecule has 3 rings (SSSR count). The van der Waals surface area contributed by atoms with Crippen LogP contribution in [0.25, 0.3) is 10.2 Å². The number of hydrogen-bond donors (Lipinski definition) is 1. The third-order valence-corrected chi connectivity index (χ3v) is 5.03. The van der Waals surface area contributed by atoms with E-state index in [2.05, 4.69) is 15.3 Å². The van der Waals surface area contributed by atoms with Crippen molar-refractivity contribution in [1.82, 2.24) is 9.97 Å². The summed E-state index contributed by atoms with van der Waals surface area (Å²) in [5.74, 6) is 1.58. The number of aromatic nitrogens is 2. The molecule has 26 heavy (non-hydrogen) atoms. The maximum Gasteiger partial charge on any atom is 0.348 e. The Morgan fingerprint density at radius 1 is 1.23 bits per heavy atom. The van der Waals surface area contributed by atoms with Crippen molar-refractivity contribution in [2.45, 2.75) is 13.8 Å². The topological polar surface area (TPSA) is 82.6 Å². The second-order valence-electron chi connectivity index (χ2n) is 5.37. The normalized spacial score (nSPS) is 10.6. The lowest BCUT2D eigenvalue weighted by Crippen LogP contribution is -2.04. The minimum atomic E-state index is -0.349. The summed E-state index contributed by atoms with van der Waals surface area (Å²) in [5, 5.41) is 4.05. The summed E-state index contributed by atoms with van der Waals surface area (Å²) in [6.45, 7) is 3.97. The van der Waals surface area contributed by atoms with E-state index in [1.165, 1.54) is 17.7 Å². The van der Waals surface area contributed by atoms with Crippen molar-refractivity contribution in [2.24, 2.45) is 0 Å². The molecular weight excluding hydrogens is 354 g/mol. The number of hydrogen-bond acceptors (Lipinski definition) is 8. The number of ether oxygens (including phenoxy) is 3. The van der Waals surface area contributed by atoms with Crippen molar-refractivity contribution in [2.75, 3.05) is 26.1 Å². The fourth-order valence-electron chi connectivity index (χ4n) is 2.60. The van der Waals surface area contributed by atoms with Gasteiger partial charge in [-0.05, 0) is 31.5 Å². The number of fused-ring (bicyclic) bond motifs is 1. The molecule has 136 valence electrons. The molecule has 0 unspecified atom stereocenters. The Morgan fingerprint density at radius 3 is 2.73 bits per heavy atom. The van der Waals surface area contributed by atoms with Crippen LogP contribution in [0.1, 0.15) is 22.2 Å². The molecule has 0 saturated carbocycles. The van der Waals surface area contributed by atoms with Crippen molar-refractivity contribution in [3.63, 3.8) is 0 Å². The van der Waals surface area contributed by atoms with Gasteiger partial charge in [0.1, 0.15) is 33.4 Å². The molecule has 0 spiro atoms. The largest absolute Gasteiger partial charge is 0.497 e. The van der Waals surface area contributed by atoms with Crippen LogP contribution in [-0.2, 0) is 4.74 Å². The van der Waals surface area contributed by atoms with E-state index in [9.17, 15) is 4.79 Å². The first-order valence-electron chi connectivity index (χ1n) is 7.99. The number of rotatable bonds is 6. The quantitative estimate of drug-likeness (QED) is 0.655. The van der Waals surface area contributed by atoms with E-state index < -0.39 is 0 Å². The average molecular weight is 373 g/mol. The highest BCUT2D eigenvalue weighted by Crippen LogP contribution is 2.37. The number of methoxy groups -OCH3 is 2. The lowest BCUT2D eigenvalue weighted by molar-refractivity contribution is 0.0531. The van der Waals surface area contributed by atoms with Gasteiger partial charge in [-0.2, -0.15) is 0 Å². The van der Waals surface area contributed by atoms with E-state index in [-0.39, 0.29) is 5.97 Å². The minimum Gasteiger partial charge on any atom is -0.497 e. The number of thiophene rings is 1. The first kappa shape index (κ1) is 17.9. The lowest BCUT2D eigenvalue weighted by Gasteiger charge is -2.13. The van der Waals surface area contributed by atoms with Gasteiger partial charge in [-0.25, -0.2) is 14.8 Å². The number of nitrogens with one attached hydrogen (secondary N) is 1. The van der Waals surface area contributed by atoms with Crippen LogP contribution in [0.15, 0.2) is 24.5 Å². The van der Waals surface area contributed by atoms with E-state index >= 15 is 0 Å². The molecular formula is C18H19N3O4S. The van der Waals surface area contributed by atoms with Gasteiger partial charge in [0.25, 0.3) is 0 Å². The highest BCUT2D eigenvalue weighted by atomic mass is 32.1. The summed E-state index contributed by atoms with van der Waals surface area (Å²) in [7, 11) is 3.19. The number of carbonyl (C=O) groups is 1. The van der Waals surface area contributed by atoms with Gasteiger partial charge >= 0.3 is 5.97 Å². The molecule has 8 heteroatoms. The third kappa shape index (κ3) is 3.28. The molecule has 0 radical (unpaired) electrons. The SMILES string of the molecule is CCOC(=O)c1sc2ncnc(Nc3cc(OC)ccc3OC)c2c1C. The van der Waals surface area contributed by atoms with E-state index in [1.54, 1.807) is 21.1 Å². The van der Waals surface area contributed by atoms with Gasteiger partial charge in [0, 0.05) is 6.07 Å². The molecule has 0 aliphatic heterocycles. The summed E-state index contributed by atoms with van der Waals surface area (Å²) in [6, 6.07) is 5.44. The van der Waals surface area contributed by atoms with E-state index in [0.717, 1.165) is 10.9 Å². The Bertz CT molecular complexity index is 955. The van der Waals surface area contributed by atoms with Crippen LogP contribution in [0.5, 0.6) is 11.5 Å². The zero-order chi connectivity index (χ0) is 18.7. The predicted molar refractivity (Wildman–Crippen MR) is 101 cm³/mol. The smallest absolute Gasteiger partial charge is 0.348 e. The molecule has 3 aromatic rings. The number of benzene rings is 1. The van der Waals surface area contributed by atoms with Crippen LogP contribution in [0.3, 0.4) is 0 Å². The molecule has 0 fully saturated rings. The van der Waals surface area contributed by atoms with Crippen LogP contribution in [0.2, 0.25) is 0 Å². The number of nitrogens with zero attached hydrogens (tertiary/aromatic N) is 2. The zero-order valence-electron chi connectivity index (χ0n) is 15.0. The third-order valence-electron chi connectivity index (χ3n) is 3.85. The number of aryl methyl sites for hydroxylation is 1. The van der Waals surface area contributed by atoms with Crippen molar-refractivity contribution >= 4 is 39.0 Å². The molecule has 0 atom stereocenters. The van der Waals surface area contributed by atoms with Crippen molar-refractivity contribution in [3.8, 4) is 11.5 Å². The van der Waals surface area contributed by atoms with Crippen molar-refractivity contribution in [1.29, 1.82) is 0 Å². The Labute approximate surface area is 154 Å². The highest BCUT2D eigenvalue weighted by molar-refractivity contribution is 7.20. The first-order chi connectivity index (χ1) is 12.6. The molecule has 0 saturated heterocycles. The summed E-state index contributed by atoms with van der Waals surface area (Å²) >= 11 is 1.29. The van der Waals surface area contributed by atoms with E-state index in [4.69, 9.17) is 14.2 Å². The minimum absolute atomic E-state index is 0.324. The van der Waals surface area contributed by atoms with Gasteiger partial charge in [-0.1, -0.05) is 0 Å². The molecule has 2 heterocycles. The maximum atomic E-state index is 12.2. The molecule has 2 aromatic heterocycles. The standard InChI is InChI=1S/C18H19N3O4S/c1-5-25-18(22)15-10(2)14-16(19-9-20-17(14)26-15)21-12-8-11(23-3)6-7-13(12)24-4/h6-9H,5H2,1-4H3,(H,19,20,21). The van der Waals surface area contributed by atoms with Crippen LogP contribution < -0.4 is 14.8 Å². The Balaban J connectivity index is 2.08. The summed E-state index contributed by atoms with van der Waals surface area (Å²) in [4.78, 5) is 22.1. The summed E-state index contributed by atoms with van der Waals surface area (Å²) in [6.07, 6.45) is 1.46. The molecule has 0 bridgehead atoms. The van der Waals surface area contributed by atoms with Crippen LogP contribution in [0, 0.1) is 6.92 Å². The van der Waals surface area contributed by atoms with E-state index in [1.807, 2.05) is 25.1 Å². The lowest BCUT2D eigenvalue weighted by atomic mass is 10.2. The Kier molecular flexibility index (Phi) is 5.22. The van der Waals surface area contributed by atoms with Crippen molar-refractivity contribution < 1.29 is 19.0 Å². The second-order valence-corrected chi connectivity index (χ2v) is 6.37. The maximum absolute atomic E-state index is 12.2. The average Bonchev–Trinajstić information content (AvgIpc) is 2.99. The molecule has 1 N–H and O–H groups in total. The predicted octanol–water partition coefficient (Wildman–Crippen LogP) is 3.94. The number of esters is 1. The zero-order valence-corrected chi connectivity index (χ0v) is 15.8. The summed E-state index contributed by atoms with van der Waals surface area (Å²) < 4.78 is 15.8. The van der Waals surface area contributed by atoms with Gasteiger partial charge in [0.2, 0.25) is 0 Å². The monoisotopic (exact) mass is 373 g/mol. The van der Waals surface area contributed by atoms with Gasteiger partial charge in [-0.15, -0.1) is 11.3 Å². The molecule has 7 nitrogen and oxygen atoms in total. The van der Waals surface area contributed by atoms with Gasteiger partial charge in [0.05, 0.1) is 31.9 Å².